The highest BCUT2D eigenvalue weighted by Gasteiger charge is 2.22. The van der Waals surface area contributed by atoms with Crippen LogP contribution in [0.25, 0.3) is 0 Å². The van der Waals surface area contributed by atoms with Crippen molar-refractivity contribution in [3.8, 4) is 0 Å². The van der Waals surface area contributed by atoms with Gasteiger partial charge in [0, 0.05) is 11.0 Å². The Labute approximate surface area is 134 Å². The van der Waals surface area contributed by atoms with Crippen LogP contribution in [0.1, 0.15) is 30.6 Å². The van der Waals surface area contributed by atoms with E-state index in [1.165, 1.54) is 12.1 Å². The van der Waals surface area contributed by atoms with Gasteiger partial charge in [0.05, 0.1) is 22.4 Å². The standard InChI is InChI=1S/C14H16Br2FN3/c1-3-6-20-14(12(16)8-19-20)13(18-2)10-5-4-9(17)7-11(10)15/h4-5,7-8,13,18H,3,6H2,1-2H3. The Kier molecular flexibility index (Phi) is 5.35. The van der Waals surface area contributed by atoms with Crippen molar-refractivity contribution in [3.63, 3.8) is 0 Å². The van der Waals surface area contributed by atoms with Crippen molar-refractivity contribution in [3.05, 3.63) is 50.4 Å². The highest BCUT2D eigenvalue weighted by Crippen LogP contribution is 2.33. The number of nitrogens with one attached hydrogen (secondary N) is 1. The van der Waals surface area contributed by atoms with E-state index in [1.807, 2.05) is 11.7 Å². The third kappa shape index (κ3) is 3.13. The number of nitrogens with zero attached hydrogens (tertiary/aromatic N) is 2. The molecular formula is C14H16Br2FN3. The minimum Gasteiger partial charge on any atom is -0.308 e. The van der Waals surface area contributed by atoms with Crippen LogP contribution in [0, 0.1) is 5.82 Å². The second-order valence-corrected chi connectivity index (χ2v) is 6.20. The molecule has 0 radical (unpaired) electrons. The van der Waals surface area contributed by atoms with Crippen LogP contribution in [0.15, 0.2) is 33.3 Å². The van der Waals surface area contributed by atoms with E-state index in [9.17, 15) is 4.39 Å². The molecule has 2 aromatic rings. The summed E-state index contributed by atoms with van der Waals surface area (Å²) in [4.78, 5) is 0. The second kappa shape index (κ2) is 6.83. The van der Waals surface area contributed by atoms with Crippen molar-refractivity contribution < 1.29 is 4.39 Å². The van der Waals surface area contributed by atoms with Crippen LogP contribution >= 0.6 is 31.9 Å². The van der Waals surface area contributed by atoms with Crippen molar-refractivity contribution in [2.24, 2.45) is 0 Å². The maximum atomic E-state index is 13.3. The summed E-state index contributed by atoms with van der Waals surface area (Å²) in [6.07, 6.45) is 2.80. The highest BCUT2D eigenvalue weighted by molar-refractivity contribution is 9.10. The minimum atomic E-state index is -0.253. The molecule has 0 fully saturated rings. The number of hydrogen-bond donors (Lipinski definition) is 1. The molecule has 3 nitrogen and oxygen atoms in total. The van der Waals surface area contributed by atoms with Gasteiger partial charge < -0.3 is 5.32 Å². The molecular weight excluding hydrogens is 389 g/mol. The van der Waals surface area contributed by atoms with E-state index in [2.05, 4.69) is 49.2 Å². The molecule has 0 bridgehead atoms. The monoisotopic (exact) mass is 403 g/mol. The summed E-state index contributed by atoms with van der Waals surface area (Å²) in [5.41, 5.74) is 2.02. The lowest BCUT2D eigenvalue weighted by Gasteiger charge is -2.20. The van der Waals surface area contributed by atoms with E-state index in [4.69, 9.17) is 0 Å². The van der Waals surface area contributed by atoms with Crippen molar-refractivity contribution in [2.75, 3.05) is 7.05 Å². The van der Waals surface area contributed by atoms with Crippen LogP contribution < -0.4 is 5.32 Å². The van der Waals surface area contributed by atoms with Crippen molar-refractivity contribution in [2.45, 2.75) is 25.9 Å². The quantitative estimate of drug-likeness (QED) is 0.806. The molecule has 1 atom stereocenters. The lowest BCUT2D eigenvalue weighted by atomic mass is 10.0. The zero-order valence-electron chi connectivity index (χ0n) is 11.3. The Bertz CT molecular complexity index is 598. The van der Waals surface area contributed by atoms with Gasteiger partial charge in [0.2, 0.25) is 0 Å². The predicted molar refractivity (Wildman–Crippen MR) is 85.2 cm³/mol. The van der Waals surface area contributed by atoms with Crippen LogP contribution in [0.3, 0.4) is 0 Å². The van der Waals surface area contributed by atoms with E-state index >= 15 is 0 Å². The molecule has 0 amide bonds. The molecule has 108 valence electrons. The normalized spacial score (nSPS) is 12.7. The number of rotatable bonds is 5. The first-order chi connectivity index (χ1) is 9.58. The molecule has 0 aliphatic rings. The molecule has 0 aliphatic heterocycles. The molecule has 1 aromatic heterocycles. The van der Waals surface area contributed by atoms with Gasteiger partial charge in [0.1, 0.15) is 5.82 Å². The number of halogens is 3. The zero-order valence-corrected chi connectivity index (χ0v) is 14.5. The molecule has 1 aromatic carbocycles. The van der Waals surface area contributed by atoms with Gasteiger partial charge in [-0.1, -0.05) is 28.9 Å². The average Bonchev–Trinajstić information content (AvgIpc) is 2.75. The highest BCUT2D eigenvalue weighted by atomic mass is 79.9. The summed E-state index contributed by atoms with van der Waals surface area (Å²) in [6.45, 7) is 2.96. The largest absolute Gasteiger partial charge is 0.308 e. The fourth-order valence-electron chi connectivity index (χ4n) is 2.22. The molecule has 1 unspecified atom stereocenters. The molecule has 0 saturated heterocycles. The maximum Gasteiger partial charge on any atom is 0.124 e. The first kappa shape index (κ1) is 15.7. The van der Waals surface area contributed by atoms with E-state index in [1.54, 1.807) is 12.3 Å². The number of benzene rings is 1. The fraction of sp³-hybridized carbons (Fsp3) is 0.357. The van der Waals surface area contributed by atoms with Gasteiger partial charge in [0.15, 0.2) is 0 Å². The molecule has 6 heteroatoms. The van der Waals surface area contributed by atoms with Crippen molar-refractivity contribution >= 4 is 31.9 Å². The number of aromatic nitrogens is 2. The first-order valence-corrected chi connectivity index (χ1v) is 8.00. The molecule has 0 spiro atoms. The Balaban J connectivity index is 2.49. The van der Waals surface area contributed by atoms with Gasteiger partial charge in [-0.15, -0.1) is 0 Å². The van der Waals surface area contributed by atoms with Crippen molar-refractivity contribution in [1.29, 1.82) is 0 Å². The van der Waals surface area contributed by atoms with E-state index in [-0.39, 0.29) is 11.9 Å². The maximum absolute atomic E-state index is 13.3. The predicted octanol–water partition coefficient (Wildman–Crippen LogP) is 4.27. The summed E-state index contributed by atoms with van der Waals surface area (Å²) in [7, 11) is 1.89. The molecule has 1 heterocycles. The SMILES string of the molecule is CCCn1ncc(Br)c1C(NC)c1ccc(F)cc1Br. The Morgan fingerprint density at radius 1 is 1.35 bits per heavy atom. The van der Waals surface area contributed by atoms with Gasteiger partial charge in [-0.25, -0.2) is 4.39 Å². The van der Waals surface area contributed by atoms with E-state index in [0.29, 0.717) is 0 Å². The van der Waals surface area contributed by atoms with Crippen LogP contribution in [0.5, 0.6) is 0 Å². The Morgan fingerprint density at radius 2 is 2.10 bits per heavy atom. The lowest BCUT2D eigenvalue weighted by Crippen LogP contribution is -2.22. The van der Waals surface area contributed by atoms with Crippen LogP contribution in [0.4, 0.5) is 4.39 Å². The Hall–Kier alpha value is -0.720. The molecule has 2 rings (SSSR count). The van der Waals surface area contributed by atoms with Crippen molar-refractivity contribution in [1.82, 2.24) is 15.1 Å². The summed E-state index contributed by atoms with van der Waals surface area (Å²) in [6, 6.07) is 4.68. The zero-order chi connectivity index (χ0) is 14.7. The molecule has 0 aliphatic carbocycles. The molecule has 0 saturated carbocycles. The molecule has 1 N–H and O–H groups in total. The molecule has 20 heavy (non-hydrogen) atoms. The topological polar surface area (TPSA) is 29.9 Å². The van der Waals surface area contributed by atoms with Crippen LogP contribution in [-0.2, 0) is 6.54 Å². The average molecular weight is 405 g/mol. The summed E-state index contributed by atoms with van der Waals surface area (Å²) in [5, 5.41) is 7.66. The van der Waals surface area contributed by atoms with Gasteiger partial charge in [-0.3, -0.25) is 4.68 Å². The van der Waals surface area contributed by atoms with Gasteiger partial charge >= 0.3 is 0 Å². The summed E-state index contributed by atoms with van der Waals surface area (Å²) >= 11 is 6.99. The van der Waals surface area contributed by atoms with E-state index < -0.39 is 0 Å². The third-order valence-corrected chi connectivity index (χ3v) is 4.40. The third-order valence-electron chi connectivity index (χ3n) is 3.10. The number of hydrogen-bond acceptors (Lipinski definition) is 2. The van der Waals surface area contributed by atoms with Crippen LogP contribution in [0.2, 0.25) is 0 Å². The van der Waals surface area contributed by atoms with E-state index in [0.717, 1.165) is 33.2 Å². The van der Waals surface area contributed by atoms with Gasteiger partial charge in [-0.05, 0) is 47.1 Å². The fourth-order valence-corrected chi connectivity index (χ4v) is 3.33. The van der Waals surface area contributed by atoms with Gasteiger partial charge in [-0.2, -0.15) is 5.10 Å². The van der Waals surface area contributed by atoms with Gasteiger partial charge in [0.25, 0.3) is 0 Å². The van der Waals surface area contributed by atoms with Crippen LogP contribution in [-0.4, -0.2) is 16.8 Å². The summed E-state index contributed by atoms with van der Waals surface area (Å²) in [5.74, 6) is -0.253. The smallest absolute Gasteiger partial charge is 0.124 e. The Morgan fingerprint density at radius 3 is 2.70 bits per heavy atom. The summed E-state index contributed by atoms with van der Waals surface area (Å²) < 4.78 is 16.9. The number of aryl methyl sites for hydroxylation is 1. The second-order valence-electron chi connectivity index (χ2n) is 4.49. The first-order valence-electron chi connectivity index (χ1n) is 6.41. The lowest BCUT2D eigenvalue weighted by molar-refractivity contribution is 0.532. The minimum absolute atomic E-state index is 0.0617.